The summed E-state index contributed by atoms with van der Waals surface area (Å²) >= 11 is 0. The summed E-state index contributed by atoms with van der Waals surface area (Å²) < 4.78 is 5.25. The molecule has 4 heteroatoms. The summed E-state index contributed by atoms with van der Waals surface area (Å²) in [5, 5.41) is 2.98. The van der Waals surface area contributed by atoms with Crippen molar-refractivity contribution in [2.75, 3.05) is 26.3 Å². The predicted octanol–water partition coefficient (Wildman–Crippen LogP) is 1.15. The standard InChI is InChI=1S/C13H26N2O2/c1-12(2)10(13(12,3)4)11(16)15-7-5-8-17-9-6-14/h10H,5-9,14H2,1-4H3,(H,15,16). The molecule has 0 aromatic heterocycles. The second-order valence-electron chi connectivity index (χ2n) is 5.92. The number of amides is 1. The summed E-state index contributed by atoms with van der Waals surface area (Å²) in [6.45, 7) is 11.1. The first-order valence-electron chi connectivity index (χ1n) is 6.41. The first-order chi connectivity index (χ1) is 7.85. The monoisotopic (exact) mass is 242 g/mol. The van der Waals surface area contributed by atoms with Crippen LogP contribution in [0, 0.1) is 16.7 Å². The minimum Gasteiger partial charge on any atom is -0.380 e. The van der Waals surface area contributed by atoms with E-state index in [1.54, 1.807) is 0 Å². The van der Waals surface area contributed by atoms with Gasteiger partial charge < -0.3 is 15.8 Å². The molecule has 1 aliphatic rings. The number of nitrogens with two attached hydrogens (primary N) is 1. The summed E-state index contributed by atoms with van der Waals surface area (Å²) in [6, 6.07) is 0. The van der Waals surface area contributed by atoms with E-state index in [2.05, 4.69) is 33.0 Å². The molecule has 0 radical (unpaired) electrons. The Morgan fingerprint density at radius 3 is 2.29 bits per heavy atom. The largest absolute Gasteiger partial charge is 0.380 e. The molecule has 1 fully saturated rings. The minimum absolute atomic E-state index is 0.118. The summed E-state index contributed by atoms with van der Waals surface area (Å²) in [5.74, 6) is 0.318. The summed E-state index contributed by atoms with van der Waals surface area (Å²) in [5.41, 5.74) is 5.54. The zero-order valence-corrected chi connectivity index (χ0v) is 11.5. The highest BCUT2D eigenvalue weighted by molar-refractivity contribution is 5.84. The maximum atomic E-state index is 12.0. The number of nitrogens with one attached hydrogen (secondary N) is 1. The van der Waals surface area contributed by atoms with Crippen LogP contribution in [-0.4, -0.2) is 32.2 Å². The van der Waals surface area contributed by atoms with Crippen molar-refractivity contribution in [2.24, 2.45) is 22.5 Å². The zero-order valence-electron chi connectivity index (χ0n) is 11.5. The van der Waals surface area contributed by atoms with Crippen LogP contribution in [-0.2, 0) is 9.53 Å². The fourth-order valence-electron chi connectivity index (χ4n) is 2.53. The van der Waals surface area contributed by atoms with Gasteiger partial charge in [0.05, 0.1) is 6.61 Å². The predicted molar refractivity (Wildman–Crippen MR) is 68.6 cm³/mol. The third-order valence-electron chi connectivity index (χ3n) is 4.31. The van der Waals surface area contributed by atoms with Gasteiger partial charge in [-0.25, -0.2) is 0 Å². The summed E-state index contributed by atoms with van der Waals surface area (Å²) in [6.07, 6.45) is 0.847. The van der Waals surface area contributed by atoms with Crippen LogP contribution in [0.4, 0.5) is 0 Å². The summed E-state index contributed by atoms with van der Waals surface area (Å²) in [4.78, 5) is 12.0. The number of hydrogen-bond acceptors (Lipinski definition) is 3. The molecule has 1 rings (SSSR count). The molecule has 100 valence electrons. The fourth-order valence-corrected chi connectivity index (χ4v) is 2.53. The van der Waals surface area contributed by atoms with E-state index in [0.29, 0.717) is 26.3 Å². The van der Waals surface area contributed by atoms with Gasteiger partial charge >= 0.3 is 0 Å². The van der Waals surface area contributed by atoms with Gasteiger partial charge in [0.25, 0.3) is 0 Å². The zero-order chi connectivity index (χ0) is 13.1. The molecule has 4 nitrogen and oxygen atoms in total. The average molecular weight is 242 g/mol. The van der Waals surface area contributed by atoms with Gasteiger partial charge in [-0.05, 0) is 17.3 Å². The number of hydrogen-bond donors (Lipinski definition) is 2. The van der Waals surface area contributed by atoms with Crippen molar-refractivity contribution in [1.29, 1.82) is 0 Å². The maximum Gasteiger partial charge on any atom is 0.224 e. The van der Waals surface area contributed by atoms with Crippen molar-refractivity contribution in [3.63, 3.8) is 0 Å². The third kappa shape index (κ3) is 2.99. The number of carbonyl (C=O) groups excluding carboxylic acids is 1. The van der Waals surface area contributed by atoms with E-state index in [1.165, 1.54) is 0 Å². The van der Waals surface area contributed by atoms with Crippen LogP contribution in [0.1, 0.15) is 34.1 Å². The Kier molecular flexibility index (Phi) is 4.55. The molecule has 0 atom stereocenters. The van der Waals surface area contributed by atoms with Crippen molar-refractivity contribution in [3.8, 4) is 0 Å². The second-order valence-corrected chi connectivity index (χ2v) is 5.92. The first kappa shape index (κ1) is 14.5. The van der Waals surface area contributed by atoms with Crippen molar-refractivity contribution < 1.29 is 9.53 Å². The van der Waals surface area contributed by atoms with Gasteiger partial charge in [0.1, 0.15) is 0 Å². The molecule has 0 spiro atoms. The van der Waals surface area contributed by atoms with Gasteiger partial charge in [0, 0.05) is 25.6 Å². The fraction of sp³-hybridized carbons (Fsp3) is 0.923. The molecule has 0 aliphatic heterocycles. The van der Waals surface area contributed by atoms with Gasteiger partial charge in [-0.1, -0.05) is 27.7 Å². The quantitative estimate of drug-likeness (QED) is 0.658. The van der Waals surface area contributed by atoms with Crippen LogP contribution < -0.4 is 11.1 Å². The molecular weight excluding hydrogens is 216 g/mol. The molecule has 17 heavy (non-hydrogen) atoms. The van der Waals surface area contributed by atoms with Crippen molar-refractivity contribution in [2.45, 2.75) is 34.1 Å². The molecular formula is C13H26N2O2. The van der Waals surface area contributed by atoms with Crippen LogP contribution in [0.15, 0.2) is 0 Å². The highest BCUT2D eigenvalue weighted by Crippen LogP contribution is 2.68. The third-order valence-corrected chi connectivity index (χ3v) is 4.31. The Hall–Kier alpha value is -0.610. The lowest BCUT2D eigenvalue weighted by Crippen LogP contribution is -2.29. The molecule has 1 saturated carbocycles. The van der Waals surface area contributed by atoms with E-state index in [1.807, 2.05) is 0 Å². The average Bonchev–Trinajstić information content (AvgIpc) is 2.63. The van der Waals surface area contributed by atoms with Crippen LogP contribution >= 0.6 is 0 Å². The van der Waals surface area contributed by atoms with E-state index in [9.17, 15) is 4.79 Å². The lowest BCUT2D eigenvalue weighted by atomic mass is 10.0. The lowest BCUT2D eigenvalue weighted by Gasteiger charge is -2.06. The molecule has 0 unspecified atom stereocenters. The molecule has 0 aromatic rings. The molecule has 1 amide bonds. The van der Waals surface area contributed by atoms with Crippen LogP contribution in [0.3, 0.4) is 0 Å². The SMILES string of the molecule is CC1(C)C(C(=O)NCCCOCCN)C1(C)C. The van der Waals surface area contributed by atoms with Gasteiger partial charge in [-0.2, -0.15) is 0 Å². The number of rotatable bonds is 7. The lowest BCUT2D eigenvalue weighted by molar-refractivity contribution is -0.123. The van der Waals surface area contributed by atoms with E-state index in [-0.39, 0.29) is 22.7 Å². The minimum atomic E-state index is 0.118. The molecule has 0 heterocycles. The Bertz CT molecular complexity index is 261. The van der Waals surface area contributed by atoms with Crippen molar-refractivity contribution >= 4 is 5.91 Å². The van der Waals surface area contributed by atoms with Crippen molar-refractivity contribution in [3.05, 3.63) is 0 Å². The number of carbonyl (C=O) groups is 1. The van der Waals surface area contributed by atoms with E-state index in [4.69, 9.17) is 10.5 Å². The van der Waals surface area contributed by atoms with E-state index < -0.39 is 0 Å². The van der Waals surface area contributed by atoms with Crippen LogP contribution in [0.5, 0.6) is 0 Å². The van der Waals surface area contributed by atoms with Crippen molar-refractivity contribution in [1.82, 2.24) is 5.32 Å². The topological polar surface area (TPSA) is 64.3 Å². The van der Waals surface area contributed by atoms with Gasteiger partial charge in [0.2, 0.25) is 5.91 Å². The summed E-state index contributed by atoms with van der Waals surface area (Å²) in [7, 11) is 0. The molecule has 0 saturated heterocycles. The second kappa shape index (κ2) is 5.36. The van der Waals surface area contributed by atoms with Gasteiger partial charge in [-0.15, -0.1) is 0 Å². The van der Waals surface area contributed by atoms with Crippen LogP contribution in [0.2, 0.25) is 0 Å². The smallest absolute Gasteiger partial charge is 0.224 e. The van der Waals surface area contributed by atoms with E-state index >= 15 is 0 Å². The molecule has 3 N–H and O–H groups in total. The van der Waals surface area contributed by atoms with Crippen LogP contribution in [0.25, 0.3) is 0 Å². The molecule has 1 aliphatic carbocycles. The highest BCUT2D eigenvalue weighted by Gasteiger charge is 2.68. The Labute approximate surface area is 104 Å². The Balaban J connectivity index is 2.15. The van der Waals surface area contributed by atoms with Gasteiger partial charge in [0.15, 0.2) is 0 Å². The first-order valence-corrected chi connectivity index (χ1v) is 6.41. The molecule has 0 aromatic carbocycles. The maximum absolute atomic E-state index is 12.0. The Morgan fingerprint density at radius 1 is 1.24 bits per heavy atom. The highest BCUT2D eigenvalue weighted by atomic mass is 16.5. The normalized spacial score (nSPS) is 21.2. The molecule has 0 bridgehead atoms. The van der Waals surface area contributed by atoms with Gasteiger partial charge in [-0.3, -0.25) is 4.79 Å². The number of ether oxygens (including phenoxy) is 1. The van der Waals surface area contributed by atoms with E-state index in [0.717, 1.165) is 6.42 Å². The Morgan fingerprint density at radius 2 is 1.82 bits per heavy atom.